The lowest BCUT2D eigenvalue weighted by Crippen LogP contribution is -2.49. The van der Waals surface area contributed by atoms with Crippen molar-refractivity contribution in [3.05, 3.63) is 0 Å². The van der Waals surface area contributed by atoms with Crippen LogP contribution < -0.4 is 10.6 Å². The summed E-state index contributed by atoms with van der Waals surface area (Å²) in [6, 6.07) is 2.25. The second-order valence-corrected chi connectivity index (χ2v) is 3.58. The molecule has 0 aliphatic carbocycles. The largest absolute Gasteiger partial charge is 0.312 e. The molecular weight excluding hydrogens is 124 g/mol. The Labute approximate surface area is 62.4 Å². The average molecular weight is 140 g/mol. The standard InChI is InChI=1S/C8H16N2/c1-6-8-3-2-7(10-6)4-5-9-8/h6-10H,2-5H2,1H3. The van der Waals surface area contributed by atoms with E-state index < -0.39 is 0 Å². The first-order chi connectivity index (χ1) is 4.86. The van der Waals surface area contributed by atoms with Crippen molar-refractivity contribution in [2.24, 2.45) is 0 Å². The Bertz CT molecular complexity index is 120. The van der Waals surface area contributed by atoms with Crippen LogP contribution in [0.1, 0.15) is 26.2 Å². The summed E-state index contributed by atoms with van der Waals surface area (Å²) in [7, 11) is 0. The van der Waals surface area contributed by atoms with Gasteiger partial charge in [-0.2, -0.15) is 0 Å². The summed E-state index contributed by atoms with van der Waals surface area (Å²) in [5.41, 5.74) is 0. The molecule has 2 nitrogen and oxygen atoms in total. The topological polar surface area (TPSA) is 24.1 Å². The van der Waals surface area contributed by atoms with E-state index in [0.717, 1.165) is 12.1 Å². The van der Waals surface area contributed by atoms with E-state index in [1.54, 1.807) is 0 Å². The Kier molecular flexibility index (Phi) is 1.66. The van der Waals surface area contributed by atoms with E-state index in [1.165, 1.54) is 25.8 Å². The summed E-state index contributed by atoms with van der Waals surface area (Å²) >= 11 is 0. The van der Waals surface area contributed by atoms with Gasteiger partial charge in [-0.15, -0.1) is 0 Å². The van der Waals surface area contributed by atoms with E-state index in [4.69, 9.17) is 0 Å². The zero-order valence-electron chi connectivity index (χ0n) is 6.56. The quantitative estimate of drug-likeness (QED) is 0.511. The number of fused-ring (bicyclic) bond motifs is 4. The molecule has 3 atom stereocenters. The van der Waals surface area contributed by atoms with Crippen LogP contribution in [0.4, 0.5) is 0 Å². The zero-order chi connectivity index (χ0) is 6.97. The van der Waals surface area contributed by atoms with Gasteiger partial charge in [-0.25, -0.2) is 0 Å². The number of rotatable bonds is 0. The van der Waals surface area contributed by atoms with Gasteiger partial charge in [-0.05, 0) is 32.7 Å². The van der Waals surface area contributed by atoms with E-state index >= 15 is 0 Å². The summed E-state index contributed by atoms with van der Waals surface area (Å²) in [5.74, 6) is 0. The Morgan fingerprint density at radius 2 is 2.10 bits per heavy atom. The molecule has 3 aliphatic rings. The van der Waals surface area contributed by atoms with Crippen molar-refractivity contribution in [3.63, 3.8) is 0 Å². The van der Waals surface area contributed by atoms with Gasteiger partial charge in [-0.1, -0.05) is 0 Å². The van der Waals surface area contributed by atoms with Crippen molar-refractivity contribution in [1.29, 1.82) is 0 Å². The fourth-order valence-electron chi connectivity index (χ4n) is 2.15. The highest BCUT2D eigenvalue weighted by Gasteiger charge is 2.28. The number of nitrogens with one attached hydrogen (secondary N) is 2. The predicted molar refractivity (Wildman–Crippen MR) is 42.0 cm³/mol. The Morgan fingerprint density at radius 1 is 1.20 bits per heavy atom. The normalized spacial score (nSPS) is 47.1. The molecule has 0 aromatic carbocycles. The fraction of sp³-hybridized carbons (Fsp3) is 1.00. The highest BCUT2D eigenvalue weighted by Crippen LogP contribution is 2.18. The van der Waals surface area contributed by atoms with Crippen molar-refractivity contribution >= 4 is 0 Å². The average Bonchev–Trinajstić information content (AvgIpc) is 2.20. The third-order valence-corrected chi connectivity index (χ3v) is 2.83. The van der Waals surface area contributed by atoms with Crippen molar-refractivity contribution < 1.29 is 0 Å². The van der Waals surface area contributed by atoms with Crippen LogP contribution in [-0.2, 0) is 0 Å². The van der Waals surface area contributed by atoms with Crippen molar-refractivity contribution in [1.82, 2.24) is 10.6 Å². The first-order valence-electron chi connectivity index (χ1n) is 4.36. The zero-order valence-corrected chi connectivity index (χ0v) is 6.56. The first kappa shape index (κ1) is 6.62. The van der Waals surface area contributed by atoms with Gasteiger partial charge in [0.2, 0.25) is 0 Å². The SMILES string of the molecule is CC1NC2CCNC1CC2. The van der Waals surface area contributed by atoms with Crippen molar-refractivity contribution in [3.8, 4) is 0 Å². The molecule has 3 aliphatic heterocycles. The van der Waals surface area contributed by atoms with Gasteiger partial charge < -0.3 is 10.6 Å². The molecule has 3 fully saturated rings. The van der Waals surface area contributed by atoms with E-state index in [2.05, 4.69) is 17.6 Å². The van der Waals surface area contributed by atoms with Crippen LogP contribution in [0, 0.1) is 0 Å². The molecule has 0 aromatic rings. The van der Waals surface area contributed by atoms with Crippen LogP contribution >= 0.6 is 0 Å². The first-order valence-corrected chi connectivity index (χ1v) is 4.36. The second-order valence-electron chi connectivity index (χ2n) is 3.58. The van der Waals surface area contributed by atoms with Crippen LogP contribution in [0.25, 0.3) is 0 Å². The number of hydrogen-bond donors (Lipinski definition) is 2. The van der Waals surface area contributed by atoms with Gasteiger partial charge in [0.25, 0.3) is 0 Å². The fourth-order valence-corrected chi connectivity index (χ4v) is 2.15. The minimum atomic E-state index is 0.696. The molecule has 0 radical (unpaired) electrons. The van der Waals surface area contributed by atoms with E-state index in [-0.39, 0.29) is 0 Å². The lowest BCUT2D eigenvalue weighted by atomic mass is 9.96. The second kappa shape index (κ2) is 2.51. The number of hydrogen-bond acceptors (Lipinski definition) is 2. The maximum atomic E-state index is 3.62. The predicted octanol–water partition coefficient (Wildman–Crippen LogP) is 0.489. The third-order valence-electron chi connectivity index (χ3n) is 2.83. The molecule has 0 spiro atoms. The monoisotopic (exact) mass is 140 g/mol. The summed E-state index contributed by atoms with van der Waals surface area (Å²) in [6.45, 7) is 3.50. The van der Waals surface area contributed by atoms with Crippen molar-refractivity contribution in [2.45, 2.75) is 44.3 Å². The molecular formula is C8H16N2. The highest BCUT2D eigenvalue weighted by atomic mass is 15.1. The lowest BCUT2D eigenvalue weighted by Gasteiger charge is -2.31. The summed E-state index contributed by atoms with van der Waals surface area (Å²) < 4.78 is 0. The minimum Gasteiger partial charge on any atom is -0.312 e. The van der Waals surface area contributed by atoms with Crippen LogP contribution in [0.3, 0.4) is 0 Å². The lowest BCUT2D eigenvalue weighted by molar-refractivity contribution is 0.307. The molecule has 58 valence electrons. The molecule has 3 rings (SSSR count). The summed E-state index contributed by atoms with van der Waals surface area (Å²) in [6.07, 6.45) is 4.07. The Hall–Kier alpha value is -0.0800. The van der Waals surface area contributed by atoms with Crippen LogP contribution in [0.2, 0.25) is 0 Å². The van der Waals surface area contributed by atoms with Gasteiger partial charge in [0.1, 0.15) is 0 Å². The molecule has 2 bridgehead atoms. The van der Waals surface area contributed by atoms with Crippen LogP contribution in [-0.4, -0.2) is 24.7 Å². The molecule has 10 heavy (non-hydrogen) atoms. The Morgan fingerprint density at radius 3 is 2.90 bits per heavy atom. The maximum Gasteiger partial charge on any atom is 0.0219 e. The Balaban J connectivity index is 2.07. The molecule has 0 saturated carbocycles. The molecule has 0 aromatic heterocycles. The summed E-state index contributed by atoms with van der Waals surface area (Å²) in [4.78, 5) is 0. The van der Waals surface area contributed by atoms with E-state index in [1.807, 2.05) is 0 Å². The smallest absolute Gasteiger partial charge is 0.0219 e. The maximum absolute atomic E-state index is 3.62. The van der Waals surface area contributed by atoms with Gasteiger partial charge in [0, 0.05) is 18.1 Å². The molecule has 3 heterocycles. The molecule has 0 amide bonds. The molecule has 2 N–H and O–H groups in total. The minimum absolute atomic E-state index is 0.696. The van der Waals surface area contributed by atoms with Crippen LogP contribution in [0.5, 0.6) is 0 Å². The van der Waals surface area contributed by atoms with Crippen LogP contribution in [0.15, 0.2) is 0 Å². The van der Waals surface area contributed by atoms with Gasteiger partial charge in [0.05, 0.1) is 0 Å². The van der Waals surface area contributed by atoms with Gasteiger partial charge in [-0.3, -0.25) is 0 Å². The molecule has 3 saturated heterocycles. The molecule has 3 unspecified atom stereocenters. The van der Waals surface area contributed by atoms with E-state index in [0.29, 0.717) is 6.04 Å². The van der Waals surface area contributed by atoms with Crippen molar-refractivity contribution in [2.75, 3.05) is 6.54 Å². The summed E-state index contributed by atoms with van der Waals surface area (Å²) in [5, 5.41) is 7.18. The number of piperidine rings is 1. The van der Waals surface area contributed by atoms with Gasteiger partial charge in [0.15, 0.2) is 0 Å². The third kappa shape index (κ3) is 1.06. The van der Waals surface area contributed by atoms with E-state index in [9.17, 15) is 0 Å². The molecule has 2 heteroatoms. The highest BCUT2D eigenvalue weighted by molar-refractivity contribution is 4.92. The van der Waals surface area contributed by atoms with Gasteiger partial charge >= 0.3 is 0 Å².